The van der Waals surface area contributed by atoms with Crippen molar-refractivity contribution in [2.24, 2.45) is 23.7 Å². The van der Waals surface area contributed by atoms with Gasteiger partial charge in [0.2, 0.25) is 5.91 Å². The summed E-state index contributed by atoms with van der Waals surface area (Å²) in [5.41, 5.74) is 0. The maximum Gasteiger partial charge on any atom is 0.265 e. The van der Waals surface area contributed by atoms with Crippen molar-refractivity contribution >= 4 is 5.91 Å². The van der Waals surface area contributed by atoms with E-state index in [9.17, 15) is 22.4 Å². The number of alkyl halides is 4. The Morgan fingerprint density at radius 2 is 1.79 bits per heavy atom. The fourth-order valence-electron chi connectivity index (χ4n) is 3.94. The summed E-state index contributed by atoms with van der Waals surface area (Å²) in [7, 11) is 0. The highest BCUT2D eigenvalue weighted by Crippen LogP contribution is 2.55. The molecular weight excluding hydrogens is 262 g/mol. The number of rotatable bonds is 2. The van der Waals surface area contributed by atoms with Crippen LogP contribution in [0.1, 0.15) is 25.7 Å². The summed E-state index contributed by atoms with van der Waals surface area (Å²) in [6.45, 7) is -0.628. The van der Waals surface area contributed by atoms with Crippen LogP contribution >= 0.6 is 0 Å². The number of carbonyl (C=O) groups is 1. The highest BCUT2D eigenvalue weighted by molar-refractivity contribution is 5.79. The standard InChI is InChI=1S/C13H17F4NO/c14-10-3-11(15)9-2-8(10)7(9)1-6-4-13(16,17)5-18-12(6)19/h6-11H,1-5H2,(H,18,19). The number of carbonyl (C=O) groups excluding carboxylic acids is 1. The molecule has 3 fully saturated rings. The first-order chi connectivity index (χ1) is 8.87. The lowest BCUT2D eigenvalue weighted by atomic mass is 9.53. The molecule has 0 radical (unpaired) electrons. The van der Waals surface area contributed by atoms with Gasteiger partial charge < -0.3 is 5.32 Å². The molecule has 5 atom stereocenters. The summed E-state index contributed by atoms with van der Waals surface area (Å²) in [4.78, 5) is 11.6. The number of nitrogens with one attached hydrogen (secondary N) is 1. The van der Waals surface area contributed by atoms with Crippen LogP contribution in [0.3, 0.4) is 0 Å². The molecule has 2 bridgehead atoms. The van der Waals surface area contributed by atoms with Crippen molar-refractivity contribution in [1.29, 1.82) is 0 Å². The predicted octanol–water partition coefficient (Wildman–Crippen LogP) is 2.48. The van der Waals surface area contributed by atoms with Crippen LogP contribution in [0.15, 0.2) is 0 Å². The zero-order chi connectivity index (χ0) is 13.8. The van der Waals surface area contributed by atoms with Crippen molar-refractivity contribution < 1.29 is 22.4 Å². The number of amides is 1. The van der Waals surface area contributed by atoms with Gasteiger partial charge in [0, 0.05) is 18.8 Å². The summed E-state index contributed by atoms with van der Waals surface area (Å²) in [6, 6.07) is 0. The summed E-state index contributed by atoms with van der Waals surface area (Å²) >= 11 is 0. The van der Waals surface area contributed by atoms with Crippen molar-refractivity contribution in [2.45, 2.75) is 43.9 Å². The van der Waals surface area contributed by atoms with Crippen molar-refractivity contribution in [3.05, 3.63) is 0 Å². The van der Waals surface area contributed by atoms with E-state index in [0.29, 0.717) is 6.42 Å². The Hall–Kier alpha value is -0.810. The van der Waals surface area contributed by atoms with Gasteiger partial charge in [-0.25, -0.2) is 17.6 Å². The second-order valence-electron chi connectivity index (χ2n) is 6.21. The van der Waals surface area contributed by atoms with E-state index in [4.69, 9.17) is 0 Å². The Bertz CT molecular complexity index is 375. The number of hydrogen-bond acceptors (Lipinski definition) is 1. The molecule has 1 N–H and O–H groups in total. The summed E-state index contributed by atoms with van der Waals surface area (Å²) in [5, 5.41) is 2.19. The van der Waals surface area contributed by atoms with Crippen LogP contribution in [-0.2, 0) is 4.79 Å². The Labute approximate surface area is 108 Å². The van der Waals surface area contributed by atoms with Gasteiger partial charge in [0.05, 0.1) is 6.54 Å². The van der Waals surface area contributed by atoms with Gasteiger partial charge in [-0.2, -0.15) is 0 Å². The number of fused-ring (bicyclic) bond motifs is 2. The third-order valence-electron chi connectivity index (χ3n) is 5.02. The van der Waals surface area contributed by atoms with Gasteiger partial charge in [-0.05, 0) is 30.6 Å². The molecular formula is C13H17F4NO. The van der Waals surface area contributed by atoms with Gasteiger partial charge in [-0.15, -0.1) is 0 Å². The SMILES string of the molecule is O=C1NCC(F)(F)CC1CC1C2CC1C(F)CC2F. The predicted molar refractivity (Wildman–Crippen MR) is 60.2 cm³/mol. The maximum absolute atomic E-state index is 13.6. The Morgan fingerprint density at radius 3 is 2.37 bits per heavy atom. The van der Waals surface area contributed by atoms with E-state index in [1.807, 2.05) is 0 Å². The van der Waals surface area contributed by atoms with E-state index in [0.717, 1.165) is 0 Å². The molecule has 1 amide bonds. The number of hydrogen-bond donors (Lipinski definition) is 1. The smallest absolute Gasteiger partial charge is 0.265 e. The molecule has 1 heterocycles. The molecule has 6 heteroatoms. The van der Waals surface area contributed by atoms with E-state index < -0.39 is 43.1 Å². The molecule has 108 valence electrons. The second kappa shape index (κ2) is 4.35. The lowest BCUT2D eigenvalue weighted by Gasteiger charge is -2.53. The molecule has 3 aliphatic rings. The molecule has 2 aliphatic carbocycles. The van der Waals surface area contributed by atoms with Gasteiger partial charge >= 0.3 is 0 Å². The van der Waals surface area contributed by atoms with Gasteiger partial charge in [-0.1, -0.05) is 0 Å². The summed E-state index contributed by atoms with van der Waals surface area (Å²) in [5.74, 6) is -4.83. The van der Waals surface area contributed by atoms with E-state index in [-0.39, 0.29) is 30.6 Å². The average Bonchev–Trinajstić information content (AvgIpc) is 2.28. The van der Waals surface area contributed by atoms with Crippen LogP contribution in [0.25, 0.3) is 0 Å². The third kappa shape index (κ3) is 2.23. The lowest BCUT2D eigenvalue weighted by molar-refractivity contribution is -0.146. The summed E-state index contributed by atoms with van der Waals surface area (Å²) in [6.07, 6.45) is -2.24. The van der Waals surface area contributed by atoms with Gasteiger partial charge in [-0.3, -0.25) is 4.79 Å². The molecule has 19 heavy (non-hydrogen) atoms. The lowest BCUT2D eigenvalue weighted by Crippen LogP contribution is -2.55. The topological polar surface area (TPSA) is 29.1 Å². The Balaban J connectivity index is 1.66. The number of halogens is 4. The van der Waals surface area contributed by atoms with Crippen LogP contribution < -0.4 is 5.32 Å². The Morgan fingerprint density at radius 1 is 1.16 bits per heavy atom. The maximum atomic E-state index is 13.6. The van der Waals surface area contributed by atoms with Crippen molar-refractivity contribution in [3.8, 4) is 0 Å². The molecule has 3 rings (SSSR count). The van der Waals surface area contributed by atoms with E-state index in [1.165, 1.54) is 0 Å². The van der Waals surface area contributed by atoms with Crippen LogP contribution in [0, 0.1) is 23.7 Å². The fraction of sp³-hybridized carbons (Fsp3) is 0.923. The zero-order valence-corrected chi connectivity index (χ0v) is 10.4. The van der Waals surface area contributed by atoms with Gasteiger partial charge in [0.1, 0.15) is 12.3 Å². The molecule has 1 aliphatic heterocycles. The first kappa shape index (κ1) is 13.2. The molecule has 2 saturated carbocycles. The molecule has 0 aromatic rings. The first-order valence-corrected chi connectivity index (χ1v) is 6.81. The zero-order valence-electron chi connectivity index (χ0n) is 10.4. The van der Waals surface area contributed by atoms with Gasteiger partial charge in [0.25, 0.3) is 5.92 Å². The quantitative estimate of drug-likeness (QED) is 0.773. The van der Waals surface area contributed by atoms with Gasteiger partial charge in [0.15, 0.2) is 0 Å². The minimum Gasteiger partial charge on any atom is -0.350 e. The number of piperidine rings is 1. The van der Waals surface area contributed by atoms with Crippen LogP contribution in [0.2, 0.25) is 0 Å². The first-order valence-electron chi connectivity index (χ1n) is 6.81. The molecule has 1 saturated heterocycles. The highest BCUT2D eigenvalue weighted by atomic mass is 19.3. The average molecular weight is 279 g/mol. The summed E-state index contributed by atoms with van der Waals surface area (Å²) < 4.78 is 53.8. The van der Waals surface area contributed by atoms with Crippen LogP contribution in [-0.4, -0.2) is 30.7 Å². The highest BCUT2D eigenvalue weighted by Gasteiger charge is 2.55. The largest absolute Gasteiger partial charge is 0.350 e. The normalized spacial score (nSPS) is 48.3. The molecule has 0 aromatic heterocycles. The van der Waals surface area contributed by atoms with Crippen molar-refractivity contribution in [1.82, 2.24) is 5.32 Å². The third-order valence-corrected chi connectivity index (χ3v) is 5.02. The van der Waals surface area contributed by atoms with Crippen LogP contribution in [0.4, 0.5) is 17.6 Å². The van der Waals surface area contributed by atoms with Crippen molar-refractivity contribution in [3.63, 3.8) is 0 Å². The second-order valence-corrected chi connectivity index (χ2v) is 6.21. The van der Waals surface area contributed by atoms with E-state index in [1.54, 1.807) is 0 Å². The minimum absolute atomic E-state index is 0.0706. The minimum atomic E-state index is -2.90. The molecule has 2 nitrogen and oxygen atoms in total. The van der Waals surface area contributed by atoms with Crippen LogP contribution in [0.5, 0.6) is 0 Å². The molecule has 0 aromatic carbocycles. The monoisotopic (exact) mass is 279 g/mol. The molecule has 5 unspecified atom stereocenters. The van der Waals surface area contributed by atoms with Crippen molar-refractivity contribution in [2.75, 3.05) is 6.54 Å². The van der Waals surface area contributed by atoms with E-state index >= 15 is 0 Å². The Kier molecular flexibility index (Phi) is 3.02. The fourth-order valence-corrected chi connectivity index (χ4v) is 3.94. The van der Waals surface area contributed by atoms with E-state index in [2.05, 4.69) is 5.32 Å². The molecule has 0 spiro atoms.